The Morgan fingerprint density at radius 3 is 2.88 bits per heavy atom. The molecule has 2 aromatic heterocycles. The van der Waals surface area contributed by atoms with E-state index in [1.165, 1.54) is 0 Å². The van der Waals surface area contributed by atoms with E-state index in [4.69, 9.17) is 23.0 Å². The van der Waals surface area contributed by atoms with Gasteiger partial charge in [-0.1, -0.05) is 0 Å². The van der Waals surface area contributed by atoms with Crippen LogP contribution in [0.3, 0.4) is 0 Å². The Labute approximate surface area is 143 Å². The fourth-order valence-corrected chi connectivity index (χ4v) is 2.37. The molecule has 4 rings (SSSR count). The third-order valence-corrected chi connectivity index (χ3v) is 3.61. The second kappa shape index (κ2) is 6.64. The van der Waals surface area contributed by atoms with Crippen LogP contribution in [0.15, 0.2) is 57.6 Å². The van der Waals surface area contributed by atoms with Crippen molar-refractivity contribution in [3.05, 3.63) is 66.0 Å². The number of hydrogen-bond acceptors (Lipinski definition) is 6. The largest absolute Gasteiger partial charge is 0.486 e. The van der Waals surface area contributed by atoms with E-state index in [9.17, 15) is 4.79 Å². The van der Waals surface area contributed by atoms with E-state index in [1.807, 2.05) is 0 Å². The maximum Gasteiger partial charge on any atom is 0.287 e. The van der Waals surface area contributed by atoms with Crippen molar-refractivity contribution in [3.63, 3.8) is 0 Å². The van der Waals surface area contributed by atoms with Crippen LogP contribution in [-0.4, -0.2) is 12.7 Å². The number of carbonyl (C=O) groups excluding carboxylic acids is 1. The predicted molar refractivity (Wildman–Crippen MR) is 85.5 cm³/mol. The zero-order chi connectivity index (χ0) is 17.1. The summed E-state index contributed by atoms with van der Waals surface area (Å²) >= 11 is 0. The highest BCUT2D eigenvalue weighted by atomic mass is 16.7. The lowest BCUT2D eigenvalue weighted by Gasteiger charge is -2.05. The first-order valence-electron chi connectivity index (χ1n) is 7.70. The molecule has 7 nitrogen and oxygen atoms in total. The zero-order valence-electron chi connectivity index (χ0n) is 13.2. The van der Waals surface area contributed by atoms with Crippen molar-refractivity contribution < 1.29 is 27.8 Å². The Morgan fingerprint density at radius 1 is 1.08 bits per heavy atom. The number of nitrogens with one attached hydrogen (secondary N) is 1. The van der Waals surface area contributed by atoms with Gasteiger partial charge < -0.3 is 28.4 Å². The third-order valence-electron chi connectivity index (χ3n) is 3.61. The van der Waals surface area contributed by atoms with Crippen LogP contribution in [0.4, 0.5) is 0 Å². The Morgan fingerprint density at radius 2 is 2.00 bits per heavy atom. The molecule has 7 heteroatoms. The maximum atomic E-state index is 12.0. The highest BCUT2D eigenvalue weighted by Gasteiger charge is 2.15. The molecule has 3 heterocycles. The van der Waals surface area contributed by atoms with E-state index >= 15 is 0 Å². The SMILES string of the molecule is O=C(NCc1ccco1)c1ccc(COc2ccc3c(c2)OCO3)o1. The number of benzene rings is 1. The number of ether oxygens (including phenoxy) is 3. The molecule has 0 atom stereocenters. The van der Waals surface area contributed by atoms with Crippen LogP contribution in [0.25, 0.3) is 0 Å². The van der Waals surface area contributed by atoms with Crippen LogP contribution in [0.5, 0.6) is 17.2 Å². The molecule has 25 heavy (non-hydrogen) atoms. The summed E-state index contributed by atoms with van der Waals surface area (Å²) in [5.74, 6) is 3.09. The topological polar surface area (TPSA) is 83.1 Å². The Kier molecular flexibility index (Phi) is 4.04. The number of carbonyl (C=O) groups is 1. The first-order valence-corrected chi connectivity index (χ1v) is 7.70. The standard InChI is InChI=1S/C18H15NO6/c20-18(19-9-13-2-1-7-21-13)16-6-4-14(25-16)10-22-12-3-5-15-17(8-12)24-11-23-15/h1-8H,9-11H2,(H,19,20). The van der Waals surface area contributed by atoms with Gasteiger partial charge in [-0.2, -0.15) is 0 Å². The van der Waals surface area contributed by atoms with Crippen molar-refractivity contribution in [3.8, 4) is 17.2 Å². The number of fused-ring (bicyclic) bond motifs is 1. The third kappa shape index (κ3) is 3.45. The molecule has 0 aliphatic carbocycles. The first kappa shape index (κ1) is 15.2. The summed E-state index contributed by atoms with van der Waals surface area (Å²) in [6.07, 6.45) is 1.56. The van der Waals surface area contributed by atoms with Gasteiger partial charge in [0.05, 0.1) is 12.8 Å². The molecule has 1 aromatic carbocycles. The minimum Gasteiger partial charge on any atom is -0.486 e. The summed E-state index contributed by atoms with van der Waals surface area (Å²) in [6, 6.07) is 12.2. The van der Waals surface area contributed by atoms with Crippen molar-refractivity contribution in [2.75, 3.05) is 6.79 Å². The molecule has 3 aromatic rings. The molecule has 1 amide bonds. The summed E-state index contributed by atoms with van der Waals surface area (Å²) in [7, 11) is 0. The van der Waals surface area contributed by atoms with Gasteiger partial charge in [0.25, 0.3) is 5.91 Å². The van der Waals surface area contributed by atoms with Gasteiger partial charge >= 0.3 is 0 Å². The number of rotatable bonds is 6. The van der Waals surface area contributed by atoms with Gasteiger partial charge in [0, 0.05) is 6.07 Å². The van der Waals surface area contributed by atoms with Crippen LogP contribution in [0.1, 0.15) is 22.1 Å². The molecule has 1 aliphatic rings. The average molecular weight is 341 g/mol. The predicted octanol–water partition coefficient (Wildman–Crippen LogP) is 3.11. The van der Waals surface area contributed by atoms with Crippen LogP contribution < -0.4 is 19.5 Å². The first-order chi connectivity index (χ1) is 12.3. The molecule has 0 saturated heterocycles. The highest BCUT2D eigenvalue weighted by Crippen LogP contribution is 2.35. The summed E-state index contributed by atoms with van der Waals surface area (Å²) in [6.45, 7) is 0.716. The van der Waals surface area contributed by atoms with Gasteiger partial charge in [-0.25, -0.2) is 0 Å². The summed E-state index contributed by atoms with van der Waals surface area (Å²) in [4.78, 5) is 12.0. The minimum absolute atomic E-state index is 0.200. The van der Waals surface area contributed by atoms with Crippen molar-refractivity contribution >= 4 is 5.91 Å². The van der Waals surface area contributed by atoms with Gasteiger partial charge in [0.15, 0.2) is 17.3 Å². The fraction of sp³-hybridized carbons (Fsp3) is 0.167. The van der Waals surface area contributed by atoms with Crippen LogP contribution in [0, 0.1) is 0 Å². The number of amides is 1. The van der Waals surface area contributed by atoms with Crippen molar-refractivity contribution in [1.29, 1.82) is 0 Å². The molecule has 1 N–H and O–H groups in total. The summed E-state index contributed by atoms with van der Waals surface area (Å²) < 4.78 is 26.9. The second-order valence-corrected chi connectivity index (χ2v) is 5.33. The van der Waals surface area contributed by atoms with Crippen molar-refractivity contribution in [1.82, 2.24) is 5.32 Å². The maximum absolute atomic E-state index is 12.0. The molecule has 0 spiro atoms. The molecule has 0 fully saturated rings. The molecule has 128 valence electrons. The van der Waals surface area contributed by atoms with Crippen LogP contribution in [0.2, 0.25) is 0 Å². The molecule has 0 bridgehead atoms. The molecule has 0 saturated carbocycles. The molecular weight excluding hydrogens is 326 g/mol. The lowest BCUT2D eigenvalue weighted by atomic mass is 10.3. The minimum atomic E-state index is -0.314. The van der Waals surface area contributed by atoms with Crippen molar-refractivity contribution in [2.45, 2.75) is 13.2 Å². The Hall–Kier alpha value is -3.35. The van der Waals surface area contributed by atoms with E-state index in [2.05, 4.69) is 5.32 Å². The van der Waals surface area contributed by atoms with Gasteiger partial charge in [-0.05, 0) is 36.4 Å². The molecule has 0 unspecified atom stereocenters. The second-order valence-electron chi connectivity index (χ2n) is 5.33. The van der Waals surface area contributed by atoms with E-state index in [1.54, 1.807) is 48.7 Å². The van der Waals surface area contributed by atoms with Crippen LogP contribution in [-0.2, 0) is 13.2 Å². The molecule has 0 radical (unpaired) electrons. The highest BCUT2D eigenvalue weighted by molar-refractivity contribution is 5.91. The number of furan rings is 2. The van der Waals surface area contributed by atoms with Gasteiger partial charge in [-0.15, -0.1) is 0 Å². The van der Waals surface area contributed by atoms with E-state index in [0.717, 1.165) is 0 Å². The van der Waals surface area contributed by atoms with Crippen LogP contribution >= 0.6 is 0 Å². The lowest BCUT2D eigenvalue weighted by Crippen LogP contribution is -2.21. The average Bonchev–Trinajstić information content (AvgIpc) is 3.39. The number of hydrogen-bond donors (Lipinski definition) is 1. The van der Waals surface area contributed by atoms with Gasteiger partial charge in [0.2, 0.25) is 6.79 Å². The quantitative estimate of drug-likeness (QED) is 0.742. The Bertz CT molecular complexity index is 868. The van der Waals surface area contributed by atoms with Gasteiger partial charge in [0.1, 0.15) is 23.9 Å². The van der Waals surface area contributed by atoms with Gasteiger partial charge in [-0.3, -0.25) is 4.79 Å². The Balaban J connectivity index is 1.32. The van der Waals surface area contributed by atoms with E-state index in [-0.39, 0.29) is 25.1 Å². The fourth-order valence-electron chi connectivity index (χ4n) is 2.37. The molecular formula is C18H15NO6. The van der Waals surface area contributed by atoms with E-state index in [0.29, 0.717) is 35.3 Å². The monoisotopic (exact) mass is 341 g/mol. The van der Waals surface area contributed by atoms with E-state index < -0.39 is 0 Å². The smallest absolute Gasteiger partial charge is 0.287 e. The zero-order valence-corrected chi connectivity index (χ0v) is 13.2. The van der Waals surface area contributed by atoms with Crippen molar-refractivity contribution in [2.24, 2.45) is 0 Å². The summed E-state index contributed by atoms with van der Waals surface area (Å²) in [5.41, 5.74) is 0. The summed E-state index contributed by atoms with van der Waals surface area (Å²) in [5, 5.41) is 2.72. The normalized spacial score (nSPS) is 12.2. The molecule has 1 aliphatic heterocycles. The lowest BCUT2D eigenvalue weighted by molar-refractivity contribution is 0.0916.